The van der Waals surface area contributed by atoms with Crippen LogP contribution in [0, 0.1) is 0 Å². The number of methoxy groups -OCH3 is 2. The number of nitrogens with one attached hydrogen (secondary N) is 3. The molecule has 0 radical (unpaired) electrons. The van der Waals surface area contributed by atoms with Gasteiger partial charge in [-0.05, 0) is 46.3 Å². The van der Waals surface area contributed by atoms with Crippen LogP contribution in [0.25, 0.3) is 6.08 Å². The van der Waals surface area contributed by atoms with Crippen LogP contribution in [0.2, 0.25) is 0 Å². The average molecular weight is 394 g/mol. The van der Waals surface area contributed by atoms with E-state index in [1.807, 2.05) is 0 Å². The number of rotatable bonds is 5. The number of aromatic nitrogens is 1. The number of halogens is 1. The van der Waals surface area contributed by atoms with E-state index in [4.69, 9.17) is 9.47 Å². The van der Waals surface area contributed by atoms with Gasteiger partial charge in [-0.1, -0.05) is 0 Å². The van der Waals surface area contributed by atoms with Gasteiger partial charge < -0.3 is 14.5 Å². The Morgan fingerprint density at radius 3 is 2.58 bits per heavy atom. The van der Waals surface area contributed by atoms with Crippen LogP contribution in [0.15, 0.2) is 41.0 Å². The van der Waals surface area contributed by atoms with Crippen molar-refractivity contribution >= 4 is 33.8 Å². The van der Waals surface area contributed by atoms with Crippen LogP contribution < -0.4 is 20.3 Å². The molecule has 0 saturated carbocycles. The fourth-order valence-corrected chi connectivity index (χ4v) is 2.20. The molecular weight excluding hydrogens is 378 g/mol. The second-order valence-electron chi connectivity index (χ2n) is 4.62. The summed E-state index contributed by atoms with van der Waals surface area (Å²) in [5.41, 5.74) is 5.59. The van der Waals surface area contributed by atoms with Crippen molar-refractivity contribution in [1.82, 2.24) is 15.8 Å². The van der Waals surface area contributed by atoms with E-state index < -0.39 is 11.8 Å². The molecule has 3 N–H and O–H groups in total. The number of benzene rings is 1. The van der Waals surface area contributed by atoms with Crippen molar-refractivity contribution in [2.45, 2.75) is 0 Å². The molecule has 2 aromatic rings. The first kappa shape index (κ1) is 17.6. The van der Waals surface area contributed by atoms with Gasteiger partial charge in [0.15, 0.2) is 0 Å². The molecule has 1 aromatic heterocycles. The van der Waals surface area contributed by atoms with Gasteiger partial charge in [0.1, 0.15) is 17.2 Å². The van der Waals surface area contributed by atoms with Crippen LogP contribution >= 0.6 is 15.9 Å². The van der Waals surface area contributed by atoms with Crippen molar-refractivity contribution < 1.29 is 19.1 Å². The largest absolute Gasteiger partial charge is 0.497 e. The van der Waals surface area contributed by atoms with E-state index in [2.05, 4.69) is 31.8 Å². The third-order valence-electron chi connectivity index (χ3n) is 3.04. The second-order valence-corrected chi connectivity index (χ2v) is 5.53. The summed E-state index contributed by atoms with van der Waals surface area (Å²) in [6.45, 7) is 0. The predicted octanol–water partition coefficient (Wildman–Crippen LogP) is 2.27. The summed E-state index contributed by atoms with van der Waals surface area (Å²) in [6, 6.07) is 6.82. The summed E-state index contributed by atoms with van der Waals surface area (Å²) >= 11 is 3.22. The van der Waals surface area contributed by atoms with E-state index in [-0.39, 0.29) is 0 Å². The van der Waals surface area contributed by atoms with Crippen molar-refractivity contribution in [2.24, 2.45) is 0 Å². The highest BCUT2D eigenvalue weighted by molar-refractivity contribution is 9.10. The lowest BCUT2D eigenvalue weighted by Crippen LogP contribution is -2.40. The number of hydrogen-bond acceptors (Lipinski definition) is 4. The minimum Gasteiger partial charge on any atom is -0.497 e. The molecule has 126 valence electrons. The minimum atomic E-state index is -0.487. The van der Waals surface area contributed by atoms with E-state index in [1.165, 1.54) is 13.2 Å². The Labute approximate surface area is 147 Å². The Kier molecular flexibility index (Phi) is 6.02. The summed E-state index contributed by atoms with van der Waals surface area (Å²) in [5, 5.41) is 0. The standard InChI is InChI=1S/C16H16BrN3O4/c1-23-12-4-5-14(24-2)10(7-12)3-6-15(21)19-20-16(22)13-8-11(17)9-18-13/h3-9,18H,1-2H3,(H,19,21)(H,20,22)/b6-3+. The number of amides is 2. The van der Waals surface area contributed by atoms with Gasteiger partial charge >= 0.3 is 0 Å². The fourth-order valence-electron chi connectivity index (χ4n) is 1.86. The maximum Gasteiger partial charge on any atom is 0.286 e. The lowest BCUT2D eigenvalue weighted by Gasteiger charge is -2.07. The van der Waals surface area contributed by atoms with Gasteiger partial charge in [-0.25, -0.2) is 0 Å². The number of hydrazine groups is 1. The zero-order valence-corrected chi connectivity index (χ0v) is 14.6. The maximum atomic E-state index is 11.8. The lowest BCUT2D eigenvalue weighted by atomic mass is 10.1. The van der Waals surface area contributed by atoms with Crippen molar-refractivity contribution in [3.63, 3.8) is 0 Å². The molecule has 2 rings (SSSR count). The number of aromatic amines is 1. The molecule has 24 heavy (non-hydrogen) atoms. The Morgan fingerprint density at radius 1 is 1.17 bits per heavy atom. The minimum absolute atomic E-state index is 0.320. The molecule has 0 aliphatic rings. The van der Waals surface area contributed by atoms with E-state index in [9.17, 15) is 9.59 Å². The zero-order chi connectivity index (χ0) is 17.5. The molecule has 8 heteroatoms. The van der Waals surface area contributed by atoms with Crippen LogP contribution in [-0.2, 0) is 4.79 Å². The van der Waals surface area contributed by atoms with Crippen LogP contribution in [0.4, 0.5) is 0 Å². The van der Waals surface area contributed by atoms with Crippen molar-refractivity contribution in [2.75, 3.05) is 14.2 Å². The summed E-state index contributed by atoms with van der Waals surface area (Å²) in [4.78, 5) is 26.3. The molecule has 0 fully saturated rings. The number of hydrogen-bond donors (Lipinski definition) is 3. The molecule has 1 aromatic carbocycles. The van der Waals surface area contributed by atoms with Crippen molar-refractivity contribution in [1.29, 1.82) is 0 Å². The first-order chi connectivity index (χ1) is 11.5. The third-order valence-corrected chi connectivity index (χ3v) is 3.50. The van der Waals surface area contributed by atoms with Gasteiger partial charge in [-0.3, -0.25) is 20.4 Å². The van der Waals surface area contributed by atoms with Crippen LogP contribution in [0.1, 0.15) is 16.1 Å². The first-order valence-electron chi connectivity index (χ1n) is 6.88. The maximum absolute atomic E-state index is 11.8. The Morgan fingerprint density at radius 2 is 1.96 bits per heavy atom. The molecule has 0 aliphatic carbocycles. The molecule has 0 spiro atoms. The fraction of sp³-hybridized carbons (Fsp3) is 0.125. The SMILES string of the molecule is COc1ccc(OC)c(/C=C/C(=O)NNC(=O)c2cc(Br)c[nH]2)c1. The van der Waals surface area contributed by atoms with Crippen molar-refractivity contribution in [3.8, 4) is 11.5 Å². The Balaban J connectivity index is 1.96. The van der Waals surface area contributed by atoms with Crippen molar-refractivity contribution in [3.05, 3.63) is 52.3 Å². The summed E-state index contributed by atoms with van der Waals surface area (Å²) in [5.74, 6) is 0.293. The van der Waals surface area contributed by atoms with Crippen LogP contribution in [0.3, 0.4) is 0 Å². The van der Waals surface area contributed by atoms with Gasteiger partial charge in [-0.15, -0.1) is 0 Å². The quantitative estimate of drug-likeness (QED) is 0.536. The summed E-state index contributed by atoms with van der Waals surface area (Å²) in [6.07, 6.45) is 4.46. The topological polar surface area (TPSA) is 92.4 Å². The van der Waals surface area contributed by atoms with E-state index >= 15 is 0 Å². The summed E-state index contributed by atoms with van der Waals surface area (Å²) < 4.78 is 11.1. The molecular formula is C16H16BrN3O4. The van der Waals surface area contributed by atoms with Gasteiger partial charge in [0.05, 0.1) is 14.2 Å². The van der Waals surface area contributed by atoms with Gasteiger partial charge in [0.25, 0.3) is 11.8 Å². The highest BCUT2D eigenvalue weighted by Crippen LogP contribution is 2.24. The Bertz CT molecular complexity index is 770. The van der Waals surface area contributed by atoms with Crippen LogP contribution in [0.5, 0.6) is 11.5 Å². The normalized spacial score (nSPS) is 10.5. The zero-order valence-electron chi connectivity index (χ0n) is 13.1. The van der Waals surface area contributed by atoms with E-state index in [0.29, 0.717) is 22.8 Å². The molecule has 0 saturated heterocycles. The molecule has 2 amide bonds. The number of carbonyl (C=O) groups is 2. The van der Waals surface area contributed by atoms with E-state index in [1.54, 1.807) is 43.6 Å². The van der Waals surface area contributed by atoms with Gasteiger partial charge in [0, 0.05) is 22.3 Å². The molecule has 0 unspecified atom stereocenters. The molecule has 7 nitrogen and oxygen atoms in total. The molecule has 0 bridgehead atoms. The van der Waals surface area contributed by atoms with Gasteiger partial charge in [0.2, 0.25) is 0 Å². The second kappa shape index (κ2) is 8.21. The predicted molar refractivity (Wildman–Crippen MR) is 92.7 cm³/mol. The highest BCUT2D eigenvalue weighted by atomic mass is 79.9. The molecule has 0 atom stereocenters. The number of ether oxygens (including phenoxy) is 2. The first-order valence-corrected chi connectivity index (χ1v) is 7.67. The Hall–Kier alpha value is -2.74. The molecule has 1 heterocycles. The van der Waals surface area contributed by atoms with E-state index in [0.717, 1.165) is 4.47 Å². The van der Waals surface area contributed by atoms with Crippen LogP contribution in [-0.4, -0.2) is 31.0 Å². The number of carbonyl (C=O) groups excluding carboxylic acids is 2. The smallest absolute Gasteiger partial charge is 0.286 e. The lowest BCUT2D eigenvalue weighted by molar-refractivity contribution is -0.117. The number of H-pyrrole nitrogens is 1. The average Bonchev–Trinajstić information content (AvgIpc) is 3.04. The third kappa shape index (κ3) is 4.63. The van der Waals surface area contributed by atoms with Gasteiger partial charge in [-0.2, -0.15) is 0 Å². The summed E-state index contributed by atoms with van der Waals surface area (Å²) in [7, 11) is 3.09. The highest BCUT2D eigenvalue weighted by Gasteiger charge is 2.08. The molecule has 0 aliphatic heterocycles. The monoisotopic (exact) mass is 393 g/mol.